The van der Waals surface area contributed by atoms with Gasteiger partial charge in [-0.1, -0.05) is 13.3 Å². The van der Waals surface area contributed by atoms with E-state index in [1.165, 1.54) is 12.3 Å². The maximum Gasteiger partial charge on any atom is 0.433 e. The SMILES string of the molecule is CCCCNc1nccn1-c1ccc(C(F)(F)F)nc1. The third-order valence-electron chi connectivity index (χ3n) is 2.77. The van der Waals surface area contributed by atoms with Crippen LogP contribution in [0.1, 0.15) is 25.5 Å². The van der Waals surface area contributed by atoms with Crippen molar-refractivity contribution in [1.29, 1.82) is 0 Å². The molecule has 2 rings (SSSR count). The molecule has 0 saturated heterocycles. The third-order valence-corrected chi connectivity index (χ3v) is 2.77. The minimum atomic E-state index is -4.42. The average Bonchev–Trinajstić information content (AvgIpc) is 2.87. The smallest absolute Gasteiger partial charge is 0.355 e. The van der Waals surface area contributed by atoms with E-state index in [4.69, 9.17) is 0 Å². The Morgan fingerprint density at radius 2 is 2.05 bits per heavy atom. The van der Waals surface area contributed by atoms with Crippen molar-refractivity contribution in [3.8, 4) is 5.69 Å². The van der Waals surface area contributed by atoms with Crippen LogP contribution in [0.2, 0.25) is 0 Å². The van der Waals surface area contributed by atoms with Gasteiger partial charge in [0.2, 0.25) is 5.95 Å². The summed E-state index contributed by atoms with van der Waals surface area (Å²) in [5.41, 5.74) is -0.364. The third kappa shape index (κ3) is 3.28. The number of nitrogens with zero attached hydrogens (tertiary/aromatic N) is 3. The van der Waals surface area contributed by atoms with E-state index < -0.39 is 11.9 Å². The van der Waals surface area contributed by atoms with Gasteiger partial charge in [0, 0.05) is 18.9 Å². The fourth-order valence-corrected chi connectivity index (χ4v) is 1.72. The van der Waals surface area contributed by atoms with Crippen LogP contribution in [0.4, 0.5) is 19.1 Å². The zero-order valence-electron chi connectivity index (χ0n) is 11.0. The Bertz CT molecular complexity index is 545. The normalized spacial score (nSPS) is 11.6. The molecular weight excluding hydrogens is 269 g/mol. The summed E-state index contributed by atoms with van der Waals surface area (Å²) in [6, 6.07) is 2.34. The summed E-state index contributed by atoms with van der Waals surface area (Å²) in [6.45, 7) is 2.84. The van der Waals surface area contributed by atoms with Crippen molar-refractivity contribution in [1.82, 2.24) is 14.5 Å². The number of nitrogens with one attached hydrogen (secondary N) is 1. The number of halogens is 3. The summed E-state index contributed by atoms with van der Waals surface area (Å²) in [5, 5.41) is 3.14. The highest BCUT2D eigenvalue weighted by Crippen LogP contribution is 2.27. The molecule has 1 N–H and O–H groups in total. The summed E-state index contributed by atoms with van der Waals surface area (Å²) >= 11 is 0. The predicted molar refractivity (Wildman–Crippen MR) is 69.8 cm³/mol. The molecule has 2 aromatic heterocycles. The van der Waals surface area contributed by atoms with Crippen LogP contribution in [-0.2, 0) is 6.18 Å². The maximum absolute atomic E-state index is 12.5. The molecule has 7 heteroatoms. The first-order valence-corrected chi connectivity index (χ1v) is 6.33. The zero-order chi connectivity index (χ0) is 14.6. The van der Waals surface area contributed by atoms with Crippen LogP contribution in [0, 0.1) is 0 Å². The molecular formula is C13H15F3N4. The van der Waals surface area contributed by atoms with Gasteiger partial charge in [0.15, 0.2) is 0 Å². The zero-order valence-corrected chi connectivity index (χ0v) is 11.0. The Kier molecular flexibility index (Phi) is 4.26. The van der Waals surface area contributed by atoms with Crippen molar-refractivity contribution in [2.24, 2.45) is 0 Å². The molecule has 0 fully saturated rings. The number of alkyl halides is 3. The number of imidazole rings is 1. The summed E-state index contributed by atoms with van der Waals surface area (Å²) in [4.78, 5) is 7.58. The minimum Gasteiger partial charge on any atom is -0.355 e. The van der Waals surface area contributed by atoms with E-state index in [-0.39, 0.29) is 0 Å². The lowest BCUT2D eigenvalue weighted by atomic mass is 10.3. The van der Waals surface area contributed by atoms with Crippen LogP contribution in [-0.4, -0.2) is 21.1 Å². The summed E-state index contributed by atoms with van der Waals surface area (Å²) < 4.78 is 39.0. The van der Waals surface area contributed by atoms with Crippen molar-refractivity contribution in [3.63, 3.8) is 0 Å². The van der Waals surface area contributed by atoms with Crippen molar-refractivity contribution in [2.75, 3.05) is 11.9 Å². The number of aromatic nitrogens is 3. The first-order chi connectivity index (χ1) is 9.52. The first-order valence-electron chi connectivity index (χ1n) is 6.33. The van der Waals surface area contributed by atoms with Crippen molar-refractivity contribution < 1.29 is 13.2 Å². The van der Waals surface area contributed by atoms with Gasteiger partial charge in [0.1, 0.15) is 5.69 Å². The second kappa shape index (κ2) is 5.94. The second-order valence-corrected chi connectivity index (χ2v) is 4.30. The van der Waals surface area contributed by atoms with Crippen LogP contribution in [0.25, 0.3) is 5.69 Å². The lowest BCUT2D eigenvalue weighted by molar-refractivity contribution is -0.141. The van der Waals surface area contributed by atoms with E-state index in [0.717, 1.165) is 25.5 Å². The summed E-state index contributed by atoms with van der Waals surface area (Å²) in [6.07, 6.45) is 2.09. The number of hydrogen-bond donors (Lipinski definition) is 1. The highest BCUT2D eigenvalue weighted by molar-refractivity contribution is 5.40. The Morgan fingerprint density at radius 3 is 2.65 bits per heavy atom. The van der Waals surface area contributed by atoms with Gasteiger partial charge in [-0.25, -0.2) is 9.97 Å². The van der Waals surface area contributed by atoms with E-state index in [2.05, 4.69) is 22.2 Å². The summed E-state index contributed by atoms with van der Waals surface area (Å²) in [5.74, 6) is 0.597. The van der Waals surface area contributed by atoms with E-state index in [9.17, 15) is 13.2 Å². The van der Waals surface area contributed by atoms with Crippen LogP contribution in [0.15, 0.2) is 30.7 Å². The van der Waals surface area contributed by atoms with Gasteiger partial charge in [0.05, 0.1) is 11.9 Å². The molecule has 2 aromatic rings. The van der Waals surface area contributed by atoms with Gasteiger partial charge < -0.3 is 5.32 Å². The van der Waals surface area contributed by atoms with Gasteiger partial charge in [-0.05, 0) is 18.6 Å². The van der Waals surface area contributed by atoms with E-state index in [0.29, 0.717) is 11.6 Å². The topological polar surface area (TPSA) is 42.7 Å². The Balaban J connectivity index is 2.18. The molecule has 0 aromatic carbocycles. The fourth-order valence-electron chi connectivity index (χ4n) is 1.72. The number of unbranched alkanes of at least 4 members (excludes halogenated alkanes) is 1. The van der Waals surface area contributed by atoms with E-state index in [1.807, 2.05) is 0 Å². The molecule has 0 radical (unpaired) electrons. The van der Waals surface area contributed by atoms with Crippen LogP contribution < -0.4 is 5.32 Å². The van der Waals surface area contributed by atoms with Crippen LogP contribution >= 0.6 is 0 Å². The van der Waals surface area contributed by atoms with Crippen molar-refractivity contribution in [2.45, 2.75) is 25.9 Å². The Morgan fingerprint density at radius 1 is 1.25 bits per heavy atom. The van der Waals surface area contributed by atoms with Gasteiger partial charge in [0.25, 0.3) is 0 Å². The molecule has 0 spiro atoms. The molecule has 4 nitrogen and oxygen atoms in total. The van der Waals surface area contributed by atoms with E-state index >= 15 is 0 Å². The number of hydrogen-bond acceptors (Lipinski definition) is 3. The quantitative estimate of drug-likeness (QED) is 0.854. The lowest BCUT2D eigenvalue weighted by Crippen LogP contribution is -2.10. The minimum absolute atomic E-state index is 0.537. The molecule has 0 amide bonds. The predicted octanol–water partition coefficient (Wildman–Crippen LogP) is 3.50. The average molecular weight is 284 g/mol. The molecule has 0 aliphatic rings. The molecule has 0 unspecified atom stereocenters. The molecule has 2 heterocycles. The fraction of sp³-hybridized carbons (Fsp3) is 0.385. The van der Waals surface area contributed by atoms with Crippen LogP contribution in [0.5, 0.6) is 0 Å². The van der Waals surface area contributed by atoms with Crippen molar-refractivity contribution in [3.05, 3.63) is 36.4 Å². The largest absolute Gasteiger partial charge is 0.433 e. The molecule has 0 atom stereocenters. The molecule has 0 saturated carbocycles. The Hall–Kier alpha value is -2.05. The highest BCUT2D eigenvalue weighted by atomic mass is 19.4. The molecule has 108 valence electrons. The lowest BCUT2D eigenvalue weighted by Gasteiger charge is -2.10. The van der Waals surface area contributed by atoms with Crippen LogP contribution in [0.3, 0.4) is 0 Å². The first kappa shape index (κ1) is 14.4. The highest BCUT2D eigenvalue weighted by Gasteiger charge is 2.32. The standard InChI is InChI=1S/C13H15F3N4/c1-2-3-6-17-12-18-7-8-20(12)10-4-5-11(19-9-10)13(14,15)16/h4-5,7-9H,2-3,6H2,1H3,(H,17,18). The van der Waals surface area contributed by atoms with Gasteiger partial charge in [-0.3, -0.25) is 4.57 Å². The molecule has 0 aliphatic heterocycles. The number of pyridine rings is 1. The van der Waals surface area contributed by atoms with Crippen molar-refractivity contribution >= 4 is 5.95 Å². The molecule has 0 aliphatic carbocycles. The molecule has 0 bridgehead atoms. The van der Waals surface area contributed by atoms with Gasteiger partial charge in [-0.2, -0.15) is 13.2 Å². The number of rotatable bonds is 5. The monoisotopic (exact) mass is 284 g/mol. The van der Waals surface area contributed by atoms with Gasteiger partial charge >= 0.3 is 6.18 Å². The summed E-state index contributed by atoms with van der Waals surface area (Å²) in [7, 11) is 0. The molecule has 20 heavy (non-hydrogen) atoms. The van der Waals surface area contributed by atoms with E-state index in [1.54, 1.807) is 17.0 Å². The number of anilines is 1. The Labute approximate surface area is 114 Å². The maximum atomic E-state index is 12.5. The second-order valence-electron chi connectivity index (χ2n) is 4.30. The van der Waals surface area contributed by atoms with Gasteiger partial charge in [-0.15, -0.1) is 0 Å².